The summed E-state index contributed by atoms with van der Waals surface area (Å²) in [7, 11) is 0. The summed E-state index contributed by atoms with van der Waals surface area (Å²) >= 11 is 0. The van der Waals surface area contributed by atoms with Gasteiger partial charge in [-0.05, 0) is 13.3 Å². The van der Waals surface area contributed by atoms with Crippen LogP contribution >= 0.6 is 0 Å². The van der Waals surface area contributed by atoms with Crippen LogP contribution in [0.4, 0.5) is 4.79 Å². The molecule has 0 radical (unpaired) electrons. The van der Waals surface area contributed by atoms with Crippen LogP contribution in [0.15, 0.2) is 0 Å². The van der Waals surface area contributed by atoms with E-state index < -0.39 is 6.09 Å². The number of amides is 2. The molecular formula is C12H16N4O3. The number of nitrogens with zero attached hydrogens (tertiary/aromatic N) is 3. The number of aryl methyl sites for hydroxylation is 1. The lowest BCUT2D eigenvalue weighted by molar-refractivity contribution is 0.0942. The monoisotopic (exact) mass is 264 g/mol. The molecular weight excluding hydrogens is 248 g/mol. The summed E-state index contributed by atoms with van der Waals surface area (Å²) in [6, 6.07) is -0.104. The average molecular weight is 264 g/mol. The summed E-state index contributed by atoms with van der Waals surface area (Å²) in [4.78, 5) is 24.6. The highest BCUT2D eigenvalue weighted by molar-refractivity contribution is 5.94. The Kier molecular flexibility index (Phi) is 2.69. The number of carbonyl (C=O) groups excluding carboxylic acids is 1. The van der Waals surface area contributed by atoms with Crippen molar-refractivity contribution in [3.8, 4) is 0 Å². The van der Waals surface area contributed by atoms with E-state index in [1.807, 2.05) is 6.92 Å². The Morgan fingerprint density at radius 2 is 2.32 bits per heavy atom. The molecule has 2 N–H and O–H groups in total. The third-order valence-electron chi connectivity index (χ3n) is 3.78. The van der Waals surface area contributed by atoms with Gasteiger partial charge in [0.25, 0.3) is 5.91 Å². The molecule has 3 rings (SSSR count). The third-order valence-corrected chi connectivity index (χ3v) is 3.78. The predicted molar refractivity (Wildman–Crippen MR) is 65.9 cm³/mol. The average Bonchev–Trinajstić information content (AvgIpc) is 2.60. The lowest BCUT2D eigenvalue weighted by Gasteiger charge is -2.30. The quantitative estimate of drug-likeness (QED) is 0.712. The van der Waals surface area contributed by atoms with E-state index in [9.17, 15) is 14.7 Å². The molecule has 3 heterocycles. The standard InChI is InChI=1S/C12H16N4O3/c1-7-5-9-8(6-15(7)12(18)19)10-11(17)13-3-2-4-16(10)14-9/h7H,2-6H2,1H3,(H,13,17)(H,18,19)/t7-/m1/s1. The number of carboxylic acid groups (broad SMARTS) is 1. The van der Waals surface area contributed by atoms with Crippen molar-refractivity contribution in [1.29, 1.82) is 0 Å². The molecule has 1 atom stereocenters. The largest absolute Gasteiger partial charge is 0.465 e. The maximum Gasteiger partial charge on any atom is 0.407 e. The molecule has 2 aliphatic heterocycles. The van der Waals surface area contributed by atoms with Crippen LogP contribution in [0.5, 0.6) is 0 Å². The van der Waals surface area contributed by atoms with Gasteiger partial charge in [-0.3, -0.25) is 9.48 Å². The van der Waals surface area contributed by atoms with Gasteiger partial charge in [-0.1, -0.05) is 0 Å². The van der Waals surface area contributed by atoms with Crippen LogP contribution in [-0.4, -0.2) is 44.4 Å². The molecule has 7 nitrogen and oxygen atoms in total. The maximum absolute atomic E-state index is 12.1. The minimum atomic E-state index is -0.952. The van der Waals surface area contributed by atoms with E-state index >= 15 is 0 Å². The van der Waals surface area contributed by atoms with Gasteiger partial charge in [0.2, 0.25) is 0 Å². The first-order chi connectivity index (χ1) is 9.08. The molecule has 1 aromatic rings. The smallest absolute Gasteiger partial charge is 0.407 e. The maximum atomic E-state index is 12.1. The number of carbonyl (C=O) groups is 2. The SMILES string of the molecule is C[C@@H]1Cc2nn3c(c2CN1C(=O)O)C(=O)NCCC3. The lowest BCUT2D eigenvalue weighted by Crippen LogP contribution is -2.42. The highest BCUT2D eigenvalue weighted by Crippen LogP contribution is 2.26. The molecule has 19 heavy (non-hydrogen) atoms. The number of hydrogen-bond acceptors (Lipinski definition) is 3. The molecule has 0 unspecified atom stereocenters. The lowest BCUT2D eigenvalue weighted by atomic mass is 10.00. The van der Waals surface area contributed by atoms with E-state index in [-0.39, 0.29) is 18.5 Å². The van der Waals surface area contributed by atoms with Crippen molar-refractivity contribution >= 4 is 12.0 Å². The van der Waals surface area contributed by atoms with Gasteiger partial charge in [0.1, 0.15) is 5.69 Å². The Morgan fingerprint density at radius 3 is 3.05 bits per heavy atom. The minimum absolute atomic E-state index is 0.104. The molecule has 0 spiro atoms. The second-order valence-corrected chi connectivity index (χ2v) is 5.07. The first-order valence-corrected chi connectivity index (χ1v) is 6.44. The highest BCUT2D eigenvalue weighted by Gasteiger charge is 2.34. The van der Waals surface area contributed by atoms with Crippen LogP contribution in [0.25, 0.3) is 0 Å². The zero-order valence-corrected chi connectivity index (χ0v) is 10.7. The Balaban J connectivity index is 2.05. The van der Waals surface area contributed by atoms with Crippen molar-refractivity contribution in [3.05, 3.63) is 17.0 Å². The van der Waals surface area contributed by atoms with Crippen LogP contribution in [0.3, 0.4) is 0 Å². The topological polar surface area (TPSA) is 87.5 Å². The number of aromatic nitrogens is 2. The van der Waals surface area contributed by atoms with E-state index in [1.165, 1.54) is 4.90 Å². The first-order valence-electron chi connectivity index (χ1n) is 6.44. The van der Waals surface area contributed by atoms with Gasteiger partial charge < -0.3 is 15.3 Å². The molecule has 2 aliphatic rings. The van der Waals surface area contributed by atoms with Crippen molar-refractivity contribution in [3.63, 3.8) is 0 Å². The molecule has 0 aromatic carbocycles. The summed E-state index contributed by atoms with van der Waals surface area (Å²) in [5.74, 6) is -0.147. The first kappa shape index (κ1) is 12.0. The van der Waals surface area contributed by atoms with Crippen molar-refractivity contribution in [2.45, 2.75) is 38.9 Å². The number of rotatable bonds is 0. The zero-order chi connectivity index (χ0) is 13.6. The van der Waals surface area contributed by atoms with Crippen LogP contribution in [0.1, 0.15) is 35.1 Å². The molecule has 0 saturated carbocycles. The van der Waals surface area contributed by atoms with E-state index in [4.69, 9.17) is 0 Å². The Morgan fingerprint density at radius 1 is 1.53 bits per heavy atom. The van der Waals surface area contributed by atoms with Crippen molar-refractivity contribution in [2.75, 3.05) is 6.54 Å². The second kappa shape index (κ2) is 4.25. The van der Waals surface area contributed by atoms with Crippen LogP contribution < -0.4 is 5.32 Å². The molecule has 7 heteroatoms. The van der Waals surface area contributed by atoms with Crippen LogP contribution in [-0.2, 0) is 19.5 Å². The Hall–Kier alpha value is -2.05. The van der Waals surface area contributed by atoms with E-state index in [2.05, 4.69) is 10.4 Å². The van der Waals surface area contributed by atoms with Gasteiger partial charge >= 0.3 is 6.09 Å². The summed E-state index contributed by atoms with van der Waals surface area (Å²) in [6.07, 6.45) is 0.457. The fourth-order valence-electron chi connectivity index (χ4n) is 2.78. The molecule has 2 amide bonds. The zero-order valence-electron chi connectivity index (χ0n) is 10.7. The Labute approximate surface area is 110 Å². The predicted octanol–water partition coefficient (Wildman–Crippen LogP) is 0.441. The molecule has 0 aliphatic carbocycles. The van der Waals surface area contributed by atoms with Gasteiger partial charge in [0.15, 0.2) is 0 Å². The van der Waals surface area contributed by atoms with Crippen LogP contribution in [0, 0.1) is 0 Å². The van der Waals surface area contributed by atoms with Gasteiger partial charge in [-0.2, -0.15) is 5.10 Å². The van der Waals surface area contributed by atoms with Crippen LogP contribution in [0.2, 0.25) is 0 Å². The van der Waals surface area contributed by atoms with E-state index in [1.54, 1.807) is 4.68 Å². The number of fused-ring (bicyclic) bond motifs is 3. The highest BCUT2D eigenvalue weighted by atomic mass is 16.4. The van der Waals surface area contributed by atoms with Gasteiger partial charge in [-0.25, -0.2) is 4.79 Å². The molecule has 0 bridgehead atoms. The number of hydrogen-bond donors (Lipinski definition) is 2. The molecule has 0 saturated heterocycles. The third kappa shape index (κ3) is 1.85. The van der Waals surface area contributed by atoms with Crippen molar-refractivity contribution in [1.82, 2.24) is 20.0 Å². The molecule has 102 valence electrons. The fraction of sp³-hybridized carbons (Fsp3) is 0.583. The molecule has 1 aromatic heterocycles. The van der Waals surface area contributed by atoms with Crippen molar-refractivity contribution < 1.29 is 14.7 Å². The number of nitrogens with one attached hydrogen (secondary N) is 1. The minimum Gasteiger partial charge on any atom is -0.465 e. The van der Waals surface area contributed by atoms with E-state index in [0.717, 1.165) is 17.7 Å². The molecule has 0 fully saturated rings. The fourth-order valence-corrected chi connectivity index (χ4v) is 2.78. The summed E-state index contributed by atoms with van der Waals surface area (Å²) in [6.45, 7) is 3.44. The van der Waals surface area contributed by atoms with Crippen molar-refractivity contribution in [2.24, 2.45) is 0 Å². The van der Waals surface area contributed by atoms with Gasteiger partial charge in [0, 0.05) is 31.1 Å². The summed E-state index contributed by atoms with van der Waals surface area (Å²) in [5, 5.41) is 16.5. The second-order valence-electron chi connectivity index (χ2n) is 5.07. The summed E-state index contributed by atoms with van der Waals surface area (Å²) < 4.78 is 1.73. The normalized spacial score (nSPS) is 22.3. The van der Waals surface area contributed by atoms with Gasteiger partial charge in [0.05, 0.1) is 12.2 Å². The summed E-state index contributed by atoms with van der Waals surface area (Å²) in [5.41, 5.74) is 2.16. The van der Waals surface area contributed by atoms with E-state index in [0.29, 0.717) is 25.2 Å². The Bertz CT molecular complexity index is 551. The van der Waals surface area contributed by atoms with Gasteiger partial charge in [-0.15, -0.1) is 0 Å².